The lowest BCUT2D eigenvalue weighted by molar-refractivity contribution is 0.119. The predicted octanol–water partition coefficient (Wildman–Crippen LogP) is 6.93. The van der Waals surface area contributed by atoms with Crippen molar-refractivity contribution in [2.24, 2.45) is 41.4 Å². The van der Waals surface area contributed by atoms with E-state index in [2.05, 4.69) is 52.6 Å². The molecule has 1 N–H and O–H groups in total. The molecule has 2 heteroatoms. The smallest absolute Gasteiger partial charge is 0.0752 e. The molecular formula is C28H51NO. The molecule has 1 saturated carbocycles. The second kappa shape index (κ2) is 11.0. The molecule has 9 atom stereocenters. The van der Waals surface area contributed by atoms with E-state index in [1.165, 1.54) is 63.5 Å². The van der Waals surface area contributed by atoms with Crippen LogP contribution in [0.5, 0.6) is 0 Å². The molecule has 5 unspecified atom stereocenters. The third-order valence-electron chi connectivity index (χ3n) is 9.13. The highest BCUT2D eigenvalue weighted by Gasteiger charge is 2.34. The number of aliphatic hydroxyl groups excluding tert-OH is 1. The fourth-order valence-corrected chi connectivity index (χ4v) is 7.26. The van der Waals surface area contributed by atoms with Gasteiger partial charge in [0, 0.05) is 12.6 Å². The van der Waals surface area contributed by atoms with Crippen molar-refractivity contribution in [3.05, 3.63) is 11.6 Å². The van der Waals surface area contributed by atoms with Gasteiger partial charge in [0.25, 0.3) is 0 Å². The molecule has 3 aliphatic rings. The van der Waals surface area contributed by atoms with E-state index in [4.69, 9.17) is 0 Å². The third-order valence-corrected chi connectivity index (χ3v) is 9.13. The maximum absolute atomic E-state index is 11.1. The molecule has 0 aromatic rings. The SMILES string of the molecule is CC[C@H]1CC2=CC1CC(C)N(C)C[C@H](C)C[C@H](C1CCCC(C)C1)C[C@@H](C)CC2O. The van der Waals surface area contributed by atoms with Crippen LogP contribution in [-0.4, -0.2) is 35.7 Å². The molecule has 0 radical (unpaired) electrons. The monoisotopic (exact) mass is 417 g/mol. The lowest BCUT2D eigenvalue weighted by Gasteiger charge is -2.37. The molecule has 30 heavy (non-hydrogen) atoms. The van der Waals surface area contributed by atoms with Gasteiger partial charge >= 0.3 is 0 Å². The summed E-state index contributed by atoms with van der Waals surface area (Å²) in [4.78, 5) is 2.63. The van der Waals surface area contributed by atoms with E-state index >= 15 is 0 Å². The Labute approximate surface area is 187 Å². The first-order valence-corrected chi connectivity index (χ1v) is 13.4. The van der Waals surface area contributed by atoms with Gasteiger partial charge in [0.2, 0.25) is 0 Å². The van der Waals surface area contributed by atoms with Gasteiger partial charge in [-0.25, -0.2) is 0 Å². The predicted molar refractivity (Wildman–Crippen MR) is 129 cm³/mol. The summed E-state index contributed by atoms with van der Waals surface area (Å²) in [6, 6.07) is 0.620. The van der Waals surface area contributed by atoms with E-state index in [9.17, 15) is 5.11 Å². The van der Waals surface area contributed by atoms with Gasteiger partial charge < -0.3 is 10.0 Å². The summed E-state index contributed by atoms with van der Waals surface area (Å²) in [6.07, 6.45) is 15.3. The normalized spacial score (nSPS) is 45.0. The van der Waals surface area contributed by atoms with E-state index in [1.54, 1.807) is 0 Å². The van der Waals surface area contributed by atoms with Gasteiger partial charge in [-0.05, 0) is 99.5 Å². The van der Waals surface area contributed by atoms with E-state index in [0.29, 0.717) is 17.9 Å². The molecular weight excluding hydrogens is 366 g/mol. The van der Waals surface area contributed by atoms with E-state index in [1.807, 2.05) is 0 Å². The number of rotatable bonds is 2. The van der Waals surface area contributed by atoms with Crippen LogP contribution in [0.25, 0.3) is 0 Å². The van der Waals surface area contributed by atoms with Crippen molar-refractivity contribution >= 4 is 0 Å². The van der Waals surface area contributed by atoms with Crippen molar-refractivity contribution in [1.29, 1.82) is 0 Å². The van der Waals surface area contributed by atoms with Crippen LogP contribution in [0.15, 0.2) is 11.6 Å². The lowest BCUT2D eigenvalue weighted by atomic mass is 9.70. The first-order valence-electron chi connectivity index (χ1n) is 13.4. The Balaban J connectivity index is 1.78. The van der Waals surface area contributed by atoms with Crippen LogP contribution in [-0.2, 0) is 0 Å². The maximum Gasteiger partial charge on any atom is 0.0752 e. The summed E-state index contributed by atoms with van der Waals surface area (Å²) in [6.45, 7) is 13.4. The zero-order valence-corrected chi connectivity index (χ0v) is 20.9. The molecule has 1 heterocycles. The van der Waals surface area contributed by atoms with Crippen LogP contribution in [0.1, 0.15) is 98.8 Å². The first kappa shape index (κ1) is 24.3. The minimum Gasteiger partial charge on any atom is -0.389 e. The first-order chi connectivity index (χ1) is 14.3. The van der Waals surface area contributed by atoms with Crippen LogP contribution >= 0.6 is 0 Å². The second-order valence-electron chi connectivity index (χ2n) is 12.0. The summed E-state index contributed by atoms with van der Waals surface area (Å²) >= 11 is 0. The minimum atomic E-state index is -0.210. The zero-order chi connectivity index (χ0) is 21.8. The maximum atomic E-state index is 11.1. The van der Waals surface area contributed by atoms with Crippen molar-refractivity contribution in [2.75, 3.05) is 13.6 Å². The quantitative estimate of drug-likeness (QED) is 0.492. The third kappa shape index (κ3) is 6.35. The molecule has 1 fully saturated rings. The molecule has 0 aromatic heterocycles. The Morgan fingerprint density at radius 2 is 1.60 bits per heavy atom. The van der Waals surface area contributed by atoms with Crippen LogP contribution in [0, 0.1) is 41.4 Å². The van der Waals surface area contributed by atoms with Gasteiger partial charge in [-0.15, -0.1) is 0 Å². The van der Waals surface area contributed by atoms with Gasteiger partial charge in [0.05, 0.1) is 6.10 Å². The number of allylic oxidation sites excluding steroid dienone is 1. The Kier molecular flexibility index (Phi) is 8.91. The van der Waals surface area contributed by atoms with E-state index in [-0.39, 0.29) is 6.10 Å². The average molecular weight is 418 g/mol. The zero-order valence-electron chi connectivity index (χ0n) is 20.9. The highest BCUT2D eigenvalue weighted by Crippen LogP contribution is 2.42. The van der Waals surface area contributed by atoms with E-state index < -0.39 is 0 Å². The van der Waals surface area contributed by atoms with Crippen LogP contribution < -0.4 is 0 Å². The molecule has 0 amide bonds. The summed E-state index contributed by atoms with van der Waals surface area (Å²) in [7, 11) is 2.35. The second-order valence-corrected chi connectivity index (χ2v) is 12.0. The summed E-state index contributed by atoms with van der Waals surface area (Å²) in [5.41, 5.74) is 1.36. The molecule has 2 nitrogen and oxygen atoms in total. The Bertz CT molecular complexity index is 557. The fraction of sp³-hybridized carbons (Fsp3) is 0.929. The Hall–Kier alpha value is -0.340. The fourth-order valence-electron chi connectivity index (χ4n) is 7.26. The lowest BCUT2D eigenvalue weighted by Crippen LogP contribution is -2.36. The number of hydrogen-bond acceptors (Lipinski definition) is 2. The topological polar surface area (TPSA) is 23.5 Å². The molecule has 2 bridgehead atoms. The molecule has 2 aliphatic carbocycles. The molecule has 174 valence electrons. The molecule has 3 rings (SSSR count). The highest BCUT2D eigenvalue weighted by atomic mass is 16.3. The number of fused-ring (bicyclic) bond motifs is 1. The summed E-state index contributed by atoms with van der Waals surface area (Å²) in [5, 5.41) is 11.1. The number of hydrogen-bond donors (Lipinski definition) is 1. The standard InChI is InChI=1S/C28H51NO/c1-7-23-16-27-17-26(23)15-22(5)29(6)18-21(4)13-25(12-20(3)14-28(27)30)24-10-8-9-19(2)11-24/h17,19-26,28,30H,7-16,18H2,1-6H3/t19?,20-,21-,22?,23+,24?,25-,26?,28?/m1/s1. The summed E-state index contributed by atoms with van der Waals surface area (Å²) < 4.78 is 0. The highest BCUT2D eigenvalue weighted by molar-refractivity contribution is 5.18. The average Bonchev–Trinajstić information content (AvgIpc) is 3.09. The molecule has 1 aliphatic heterocycles. The molecule has 0 spiro atoms. The number of nitrogens with zero attached hydrogens (tertiary/aromatic N) is 1. The van der Waals surface area contributed by atoms with Crippen LogP contribution in [0.2, 0.25) is 0 Å². The van der Waals surface area contributed by atoms with E-state index in [0.717, 1.165) is 42.4 Å². The van der Waals surface area contributed by atoms with Crippen molar-refractivity contribution in [3.8, 4) is 0 Å². The van der Waals surface area contributed by atoms with Gasteiger partial charge in [-0.2, -0.15) is 0 Å². The van der Waals surface area contributed by atoms with Gasteiger partial charge in [0.1, 0.15) is 0 Å². The molecule has 0 saturated heterocycles. The van der Waals surface area contributed by atoms with Gasteiger partial charge in [-0.1, -0.05) is 59.5 Å². The van der Waals surface area contributed by atoms with Gasteiger partial charge in [-0.3, -0.25) is 0 Å². The van der Waals surface area contributed by atoms with Crippen molar-refractivity contribution < 1.29 is 5.11 Å². The summed E-state index contributed by atoms with van der Waals surface area (Å²) in [5.74, 6) is 5.42. The Morgan fingerprint density at radius 1 is 0.900 bits per heavy atom. The molecule has 0 aromatic carbocycles. The van der Waals surface area contributed by atoms with Crippen LogP contribution in [0.3, 0.4) is 0 Å². The largest absolute Gasteiger partial charge is 0.389 e. The number of aliphatic hydroxyl groups is 1. The van der Waals surface area contributed by atoms with Crippen molar-refractivity contribution in [3.63, 3.8) is 0 Å². The van der Waals surface area contributed by atoms with Crippen LogP contribution in [0.4, 0.5) is 0 Å². The van der Waals surface area contributed by atoms with Crippen molar-refractivity contribution in [1.82, 2.24) is 4.90 Å². The minimum absolute atomic E-state index is 0.210. The van der Waals surface area contributed by atoms with Crippen molar-refractivity contribution in [2.45, 2.75) is 111 Å². The Morgan fingerprint density at radius 3 is 2.30 bits per heavy atom. The van der Waals surface area contributed by atoms with Gasteiger partial charge in [0.15, 0.2) is 0 Å².